The summed E-state index contributed by atoms with van der Waals surface area (Å²) < 4.78 is 5.41. The summed E-state index contributed by atoms with van der Waals surface area (Å²) in [5.74, 6) is -0.00195. The predicted molar refractivity (Wildman–Crippen MR) is 126 cm³/mol. The Morgan fingerprint density at radius 3 is 2.58 bits per heavy atom. The number of nitrogens with one attached hydrogen (secondary N) is 1. The molecule has 170 valence electrons. The van der Waals surface area contributed by atoms with E-state index in [1.54, 1.807) is 62.1 Å². The Hall–Kier alpha value is -3.74. The number of hydrogen-bond acceptors (Lipinski definition) is 5. The van der Waals surface area contributed by atoms with E-state index in [2.05, 4.69) is 15.3 Å². The van der Waals surface area contributed by atoms with Crippen molar-refractivity contribution in [3.8, 4) is 5.75 Å². The van der Waals surface area contributed by atoms with E-state index in [9.17, 15) is 9.59 Å². The second kappa shape index (κ2) is 10.7. The van der Waals surface area contributed by atoms with Crippen LogP contribution in [0.2, 0.25) is 0 Å². The number of benzene rings is 1. The fourth-order valence-electron chi connectivity index (χ4n) is 4.25. The smallest absolute Gasteiger partial charge is 0.277 e. The van der Waals surface area contributed by atoms with Crippen LogP contribution in [0.25, 0.3) is 0 Å². The lowest BCUT2D eigenvalue weighted by Gasteiger charge is -2.33. The Labute approximate surface area is 193 Å². The van der Waals surface area contributed by atoms with E-state index < -0.39 is 6.04 Å². The van der Waals surface area contributed by atoms with Gasteiger partial charge in [0.05, 0.1) is 19.0 Å². The molecule has 0 unspecified atom stereocenters. The number of nitrogens with zero attached hydrogens (tertiary/aromatic N) is 3. The molecule has 2 amide bonds. The standard InChI is InChI=1S/C26H28N4O3/c1-33-22-13-7-9-19(17-22)24(25(31)29-20-10-3-2-4-11-20)30(21-12-8-15-27-18-21)26(32)23-14-5-6-16-28-23/h5-9,12-18,20,24H,2-4,10-11H2,1H3,(H,29,31)/t24-/m0/s1. The number of amides is 2. The van der Waals surface area contributed by atoms with Gasteiger partial charge in [-0.15, -0.1) is 0 Å². The molecular weight excluding hydrogens is 416 g/mol. The van der Waals surface area contributed by atoms with Gasteiger partial charge in [-0.05, 0) is 54.8 Å². The van der Waals surface area contributed by atoms with Crippen LogP contribution < -0.4 is 15.0 Å². The summed E-state index contributed by atoms with van der Waals surface area (Å²) in [6.07, 6.45) is 10.0. The van der Waals surface area contributed by atoms with Crippen LogP contribution in [0.5, 0.6) is 5.75 Å². The van der Waals surface area contributed by atoms with Crippen molar-refractivity contribution >= 4 is 17.5 Å². The normalized spacial score (nSPS) is 14.8. The largest absolute Gasteiger partial charge is 0.497 e. The van der Waals surface area contributed by atoms with Gasteiger partial charge in [0.25, 0.3) is 5.91 Å². The van der Waals surface area contributed by atoms with Crippen LogP contribution in [0, 0.1) is 0 Å². The molecule has 1 saturated carbocycles. The Balaban J connectivity index is 1.79. The molecule has 1 aliphatic carbocycles. The van der Waals surface area contributed by atoms with Gasteiger partial charge in [0.15, 0.2) is 0 Å². The monoisotopic (exact) mass is 444 g/mol. The predicted octanol–water partition coefficient (Wildman–Crippen LogP) is 4.32. The lowest BCUT2D eigenvalue weighted by Crippen LogP contribution is -2.47. The molecule has 7 heteroatoms. The zero-order chi connectivity index (χ0) is 23.0. The van der Waals surface area contributed by atoms with Crippen molar-refractivity contribution in [2.24, 2.45) is 0 Å². The minimum atomic E-state index is -0.916. The highest BCUT2D eigenvalue weighted by Gasteiger charge is 2.35. The van der Waals surface area contributed by atoms with E-state index in [-0.39, 0.29) is 23.6 Å². The maximum absolute atomic E-state index is 13.8. The number of methoxy groups -OCH3 is 1. The van der Waals surface area contributed by atoms with Gasteiger partial charge in [0.2, 0.25) is 5.91 Å². The first-order chi connectivity index (χ1) is 16.2. The number of ether oxygens (including phenoxy) is 1. The molecule has 1 atom stereocenters. The van der Waals surface area contributed by atoms with Gasteiger partial charge in [-0.2, -0.15) is 0 Å². The van der Waals surface area contributed by atoms with Gasteiger partial charge in [-0.1, -0.05) is 37.5 Å². The molecule has 1 aliphatic rings. The molecule has 0 aliphatic heterocycles. The van der Waals surface area contributed by atoms with Crippen molar-refractivity contribution in [3.63, 3.8) is 0 Å². The van der Waals surface area contributed by atoms with Gasteiger partial charge in [0, 0.05) is 18.4 Å². The Bertz CT molecular complexity index is 1070. The second-order valence-electron chi connectivity index (χ2n) is 8.12. The fraction of sp³-hybridized carbons (Fsp3) is 0.308. The van der Waals surface area contributed by atoms with Crippen LogP contribution in [0.1, 0.15) is 54.2 Å². The molecule has 0 radical (unpaired) electrons. The molecule has 0 spiro atoms. The summed E-state index contributed by atoms with van der Waals surface area (Å²) >= 11 is 0. The fourth-order valence-corrected chi connectivity index (χ4v) is 4.25. The minimum absolute atomic E-state index is 0.0973. The molecule has 7 nitrogen and oxygen atoms in total. The third-order valence-corrected chi connectivity index (χ3v) is 5.89. The van der Waals surface area contributed by atoms with Crippen molar-refractivity contribution in [1.29, 1.82) is 0 Å². The van der Waals surface area contributed by atoms with E-state index >= 15 is 0 Å². The first kappa shape index (κ1) is 22.5. The number of hydrogen-bond donors (Lipinski definition) is 1. The SMILES string of the molecule is COc1cccc([C@@H](C(=O)NC2CCCCC2)N(C(=O)c2ccccn2)c2cccnc2)c1. The highest BCUT2D eigenvalue weighted by molar-refractivity contribution is 6.09. The van der Waals surface area contributed by atoms with Gasteiger partial charge in [-0.3, -0.25) is 24.5 Å². The van der Waals surface area contributed by atoms with E-state index in [1.165, 1.54) is 11.3 Å². The molecule has 33 heavy (non-hydrogen) atoms. The molecule has 3 aromatic rings. The lowest BCUT2D eigenvalue weighted by atomic mass is 9.94. The summed E-state index contributed by atoms with van der Waals surface area (Å²) in [6.45, 7) is 0. The van der Waals surface area contributed by atoms with E-state index in [1.807, 2.05) is 18.2 Å². The summed E-state index contributed by atoms with van der Waals surface area (Å²) in [6, 6.07) is 15.1. The van der Waals surface area contributed by atoms with E-state index in [0.29, 0.717) is 17.0 Å². The molecule has 2 heterocycles. The summed E-state index contributed by atoms with van der Waals surface area (Å²) in [5, 5.41) is 3.20. The molecule has 4 rings (SSSR count). The van der Waals surface area contributed by atoms with Crippen molar-refractivity contribution in [1.82, 2.24) is 15.3 Å². The average Bonchev–Trinajstić information content (AvgIpc) is 2.88. The minimum Gasteiger partial charge on any atom is -0.497 e. The van der Waals surface area contributed by atoms with E-state index in [0.717, 1.165) is 25.7 Å². The number of pyridine rings is 2. The lowest BCUT2D eigenvalue weighted by molar-refractivity contribution is -0.123. The van der Waals surface area contributed by atoms with Crippen LogP contribution in [0.15, 0.2) is 73.2 Å². The number of aromatic nitrogens is 2. The van der Waals surface area contributed by atoms with Gasteiger partial charge >= 0.3 is 0 Å². The molecule has 1 aromatic carbocycles. The van der Waals surface area contributed by atoms with Crippen LogP contribution in [-0.4, -0.2) is 34.9 Å². The number of carbonyl (C=O) groups is 2. The highest BCUT2D eigenvalue weighted by atomic mass is 16.5. The van der Waals surface area contributed by atoms with Crippen LogP contribution in [0.3, 0.4) is 0 Å². The van der Waals surface area contributed by atoms with E-state index in [4.69, 9.17) is 4.74 Å². The maximum atomic E-state index is 13.8. The molecule has 2 aromatic heterocycles. The zero-order valence-electron chi connectivity index (χ0n) is 18.7. The Kier molecular flexibility index (Phi) is 7.29. The van der Waals surface area contributed by atoms with Crippen molar-refractivity contribution in [2.75, 3.05) is 12.0 Å². The number of anilines is 1. The highest BCUT2D eigenvalue weighted by Crippen LogP contribution is 2.31. The average molecular weight is 445 g/mol. The third-order valence-electron chi connectivity index (χ3n) is 5.89. The Morgan fingerprint density at radius 2 is 1.88 bits per heavy atom. The van der Waals surface area contributed by atoms with Crippen molar-refractivity contribution in [3.05, 3.63) is 84.4 Å². The summed E-state index contributed by atoms with van der Waals surface area (Å²) in [4.78, 5) is 37.4. The Morgan fingerprint density at radius 1 is 1.03 bits per heavy atom. The molecule has 0 bridgehead atoms. The molecule has 1 fully saturated rings. The molecular formula is C26H28N4O3. The first-order valence-electron chi connectivity index (χ1n) is 11.3. The number of rotatable bonds is 7. The van der Waals surface area contributed by atoms with Crippen LogP contribution in [0.4, 0.5) is 5.69 Å². The van der Waals surface area contributed by atoms with Crippen LogP contribution >= 0.6 is 0 Å². The quantitative estimate of drug-likeness (QED) is 0.587. The maximum Gasteiger partial charge on any atom is 0.277 e. The van der Waals surface area contributed by atoms with Crippen molar-refractivity contribution < 1.29 is 14.3 Å². The summed E-state index contributed by atoms with van der Waals surface area (Å²) in [7, 11) is 1.58. The zero-order valence-corrected chi connectivity index (χ0v) is 18.7. The number of carbonyl (C=O) groups excluding carboxylic acids is 2. The topological polar surface area (TPSA) is 84.4 Å². The first-order valence-corrected chi connectivity index (χ1v) is 11.3. The molecule has 0 saturated heterocycles. The molecule has 1 N–H and O–H groups in total. The third kappa shape index (κ3) is 5.37. The van der Waals surface area contributed by atoms with Gasteiger partial charge in [-0.25, -0.2) is 0 Å². The van der Waals surface area contributed by atoms with Gasteiger partial charge in [0.1, 0.15) is 17.5 Å². The summed E-state index contributed by atoms with van der Waals surface area (Å²) in [5.41, 5.74) is 1.41. The van der Waals surface area contributed by atoms with Crippen molar-refractivity contribution in [2.45, 2.75) is 44.2 Å². The second-order valence-corrected chi connectivity index (χ2v) is 8.12. The van der Waals surface area contributed by atoms with Gasteiger partial charge < -0.3 is 10.1 Å². The van der Waals surface area contributed by atoms with Crippen LogP contribution in [-0.2, 0) is 4.79 Å².